The van der Waals surface area contributed by atoms with Crippen LogP contribution < -0.4 is 11.1 Å². The maximum atomic E-state index is 12.2. The van der Waals surface area contributed by atoms with Gasteiger partial charge < -0.3 is 16.2 Å². The van der Waals surface area contributed by atoms with Crippen LogP contribution in [-0.2, 0) is 0 Å². The standard InChI is InChI=1S/C15H20N2O2S/c16-14(20)13(10-6-2-1-3-7-10)17-15(19)11-8-4-5-9-12(11)18/h4-5,8-10,13,18H,1-3,6-7H2,(H2,16,20)(H,17,19). The van der Waals surface area contributed by atoms with Crippen molar-refractivity contribution in [3.63, 3.8) is 0 Å². The Labute approximate surface area is 124 Å². The van der Waals surface area contributed by atoms with Crippen molar-refractivity contribution in [2.45, 2.75) is 38.1 Å². The fraction of sp³-hybridized carbons (Fsp3) is 0.467. The molecule has 1 aliphatic rings. The van der Waals surface area contributed by atoms with Crippen molar-refractivity contribution in [1.29, 1.82) is 0 Å². The number of aromatic hydroxyl groups is 1. The van der Waals surface area contributed by atoms with Gasteiger partial charge >= 0.3 is 0 Å². The first-order valence-electron chi connectivity index (χ1n) is 6.98. The van der Waals surface area contributed by atoms with Crippen molar-refractivity contribution in [2.24, 2.45) is 11.7 Å². The zero-order chi connectivity index (χ0) is 14.5. The third-order valence-corrected chi connectivity index (χ3v) is 4.12. The third kappa shape index (κ3) is 3.48. The van der Waals surface area contributed by atoms with E-state index < -0.39 is 0 Å². The van der Waals surface area contributed by atoms with Crippen LogP contribution in [0.25, 0.3) is 0 Å². The molecule has 1 saturated carbocycles. The molecule has 1 fully saturated rings. The highest BCUT2D eigenvalue weighted by Gasteiger charge is 2.28. The molecule has 1 atom stereocenters. The maximum absolute atomic E-state index is 12.2. The number of para-hydroxylation sites is 1. The number of amides is 1. The largest absolute Gasteiger partial charge is 0.507 e. The summed E-state index contributed by atoms with van der Waals surface area (Å²) in [6.45, 7) is 0. The van der Waals surface area contributed by atoms with Crippen LogP contribution in [0.4, 0.5) is 0 Å². The van der Waals surface area contributed by atoms with Crippen LogP contribution in [0.15, 0.2) is 24.3 Å². The highest BCUT2D eigenvalue weighted by atomic mass is 32.1. The van der Waals surface area contributed by atoms with Crippen LogP contribution in [0.3, 0.4) is 0 Å². The van der Waals surface area contributed by atoms with E-state index in [4.69, 9.17) is 18.0 Å². The molecule has 0 spiro atoms. The van der Waals surface area contributed by atoms with Gasteiger partial charge in [-0.15, -0.1) is 0 Å². The van der Waals surface area contributed by atoms with Gasteiger partial charge in [0.15, 0.2) is 0 Å². The van der Waals surface area contributed by atoms with Crippen LogP contribution >= 0.6 is 12.2 Å². The Hall–Kier alpha value is -1.62. The summed E-state index contributed by atoms with van der Waals surface area (Å²) in [4.78, 5) is 12.6. The molecule has 0 bridgehead atoms. The minimum Gasteiger partial charge on any atom is -0.507 e. The number of carbonyl (C=O) groups excluding carboxylic acids is 1. The molecule has 5 heteroatoms. The molecule has 1 aromatic carbocycles. The number of rotatable bonds is 4. The SMILES string of the molecule is NC(=S)C(NC(=O)c1ccccc1O)C1CCCCC1. The molecule has 1 unspecified atom stereocenters. The lowest BCUT2D eigenvalue weighted by atomic mass is 9.83. The van der Waals surface area contributed by atoms with E-state index in [2.05, 4.69) is 5.32 Å². The van der Waals surface area contributed by atoms with Crippen molar-refractivity contribution in [1.82, 2.24) is 5.32 Å². The van der Waals surface area contributed by atoms with Gasteiger partial charge in [-0.3, -0.25) is 4.79 Å². The number of nitrogens with two attached hydrogens (primary N) is 1. The molecule has 1 aliphatic carbocycles. The van der Waals surface area contributed by atoms with E-state index >= 15 is 0 Å². The Balaban J connectivity index is 2.10. The topological polar surface area (TPSA) is 75.3 Å². The van der Waals surface area contributed by atoms with Gasteiger partial charge in [-0.25, -0.2) is 0 Å². The summed E-state index contributed by atoms with van der Waals surface area (Å²) >= 11 is 5.10. The zero-order valence-corrected chi connectivity index (χ0v) is 12.2. The van der Waals surface area contributed by atoms with Crippen molar-refractivity contribution < 1.29 is 9.90 Å². The normalized spacial score (nSPS) is 17.4. The minimum absolute atomic E-state index is 0.0321. The summed E-state index contributed by atoms with van der Waals surface area (Å²) < 4.78 is 0. The number of phenolic OH excluding ortho intramolecular Hbond substituents is 1. The lowest BCUT2D eigenvalue weighted by molar-refractivity contribution is 0.0929. The van der Waals surface area contributed by atoms with Crippen LogP contribution in [0.5, 0.6) is 5.75 Å². The Bertz CT molecular complexity index is 498. The molecule has 0 aromatic heterocycles. The molecule has 0 radical (unpaired) electrons. The molecule has 108 valence electrons. The van der Waals surface area contributed by atoms with Crippen LogP contribution in [0, 0.1) is 5.92 Å². The third-order valence-electron chi connectivity index (χ3n) is 3.86. The number of phenols is 1. The highest BCUT2D eigenvalue weighted by molar-refractivity contribution is 7.80. The summed E-state index contributed by atoms with van der Waals surface area (Å²) in [5.41, 5.74) is 6.04. The van der Waals surface area contributed by atoms with Crippen molar-refractivity contribution in [2.75, 3.05) is 0 Å². The predicted molar refractivity (Wildman–Crippen MR) is 82.7 cm³/mol. The molecule has 0 saturated heterocycles. The lowest BCUT2D eigenvalue weighted by Crippen LogP contribution is -2.48. The number of nitrogens with one attached hydrogen (secondary N) is 1. The van der Waals surface area contributed by atoms with Crippen LogP contribution in [0.1, 0.15) is 42.5 Å². The van der Waals surface area contributed by atoms with E-state index in [0.29, 0.717) is 10.9 Å². The second kappa shape index (κ2) is 6.70. The molecule has 1 aromatic rings. The molecular formula is C15H20N2O2S. The summed E-state index contributed by atoms with van der Waals surface area (Å²) in [6, 6.07) is 6.17. The van der Waals surface area contributed by atoms with Crippen molar-refractivity contribution in [3.05, 3.63) is 29.8 Å². The number of carbonyl (C=O) groups is 1. The summed E-state index contributed by atoms with van der Waals surface area (Å²) in [5, 5.41) is 12.6. The average molecular weight is 292 g/mol. The van der Waals surface area contributed by atoms with Gasteiger partial charge in [-0.2, -0.15) is 0 Å². The van der Waals surface area contributed by atoms with Gasteiger partial charge in [0.2, 0.25) is 0 Å². The van der Waals surface area contributed by atoms with E-state index in [1.54, 1.807) is 18.2 Å². The fourth-order valence-electron chi connectivity index (χ4n) is 2.77. The Kier molecular flexibility index (Phi) is 4.95. The second-order valence-corrected chi connectivity index (χ2v) is 5.74. The monoisotopic (exact) mass is 292 g/mol. The number of hydrogen-bond donors (Lipinski definition) is 3. The molecule has 20 heavy (non-hydrogen) atoms. The lowest BCUT2D eigenvalue weighted by Gasteiger charge is -2.30. The first-order valence-corrected chi connectivity index (χ1v) is 7.38. The average Bonchev–Trinajstić information content (AvgIpc) is 2.45. The predicted octanol–water partition coefficient (Wildman–Crippen LogP) is 2.36. The quantitative estimate of drug-likeness (QED) is 0.745. The van der Waals surface area contributed by atoms with E-state index in [9.17, 15) is 9.90 Å². The molecule has 2 rings (SSSR count). The number of benzene rings is 1. The number of hydrogen-bond acceptors (Lipinski definition) is 3. The van der Waals surface area contributed by atoms with Crippen LogP contribution in [-0.4, -0.2) is 22.0 Å². The van der Waals surface area contributed by atoms with Gasteiger partial charge in [0.25, 0.3) is 5.91 Å². The van der Waals surface area contributed by atoms with Gasteiger partial charge in [-0.05, 0) is 30.9 Å². The molecule has 1 amide bonds. The Morgan fingerprint density at radius 3 is 2.55 bits per heavy atom. The minimum atomic E-state index is -0.327. The smallest absolute Gasteiger partial charge is 0.255 e. The molecule has 4 N–H and O–H groups in total. The van der Waals surface area contributed by atoms with Crippen LogP contribution in [0.2, 0.25) is 0 Å². The van der Waals surface area contributed by atoms with E-state index in [1.807, 2.05) is 0 Å². The summed E-state index contributed by atoms with van der Waals surface area (Å²) in [7, 11) is 0. The van der Waals surface area contributed by atoms with Gasteiger partial charge in [0, 0.05) is 0 Å². The van der Waals surface area contributed by atoms with Crippen molar-refractivity contribution in [3.8, 4) is 5.75 Å². The highest BCUT2D eigenvalue weighted by Crippen LogP contribution is 2.27. The molecular weight excluding hydrogens is 272 g/mol. The Morgan fingerprint density at radius 1 is 1.30 bits per heavy atom. The van der Waals surface area contributed by atoms with Crippen molar-refractivity contribution >= 4 is 23.1 Å². The van der Waals surface area contributed by atoms with E-state index in [0.717, 1.165) is 25.7 Å². The Morgan fingerprint density at radius 2 is 1.95 bits per heavy atom. The van der Waals surface area contributed by atoms with E-state index in [1.165, 1.54) is 12.5 Å². The first-order chi connectivity index (χ1) is 9.59. The molecule has 0 aliphatic heterocycles. The maximum Gasteiger partial charge on any atom is 0.255 e. The first kappa shape index (κ1) is 14.8. The van der Waals surface area contributed by atoms with E-state index in [-0.39, 0.29) is 23.3 Å². The molecule has 0 heterocycles. The second-order valence-electron chi connectivity index (χ2n) is 5.27. The molecule has 4 nitrogen and oxygen atoms in total. The fourth-order valence-corrected chi connectivity index (χ4v) is 3.02. The van der Waals surface area contributed by atoms with Gasteiger partial charge in [0.05, 0.1) is 16.6 Å². The van der Waals surface area contributed by atoms with Gasteiger partial charge in [0.1, 0.15) is 5.75 Å². The number of thiocarbonyl (C=S) groups is 1. The summed E-state index contributed by atoms with van der Waals surface area (Å²) in [6.07, 6.45) is 5.59. The zero-order valence-electron chi connectivity index (χ0n) is 11.3. The summed E-state index contributed by atoms with van der Waals surface area (Å²) in [5.74, 6) is -0.0575. The van der Waals surface area contributed by atoms with Gasteiger partial charge in [-0.1, -0.05) is 43.6 Å².